The molecule has 8 heteroatoms. The van der Waals surface area contributed by atoms with E-state index in [1.54, 1.807) is 0 Å². The lowest BCUT2D eigenvalue weighted by Crippen LogP contribution is -2.54. The van der Waals surface area contributed by atoms with Crippen molar-refractivity contribution in [2.45, 2.75) is 57.7 Å². The maximum absolute atomic E-state index is 12.6. The van der Waals surface area contributed by atoms with Gasteiger partial charge in [-0.1, -0.05) is 6.42 Å². The van der Waals surface area contributed by atoms with E-state index in [1.807, 2.05) is 13.1 Å². The molecule has 1 aromatic rings. The Balaban J connectivity index is 1.67. The number of imidazole rings is 1. The number of hydrogen-bond acceptors (Lipinski definition) is 4. The van der Waals surface area contributed by atoms with E-state index < -0.39 is 16.1 Å². The summed E-state index contributed by atoms with van der Waals surface area (Å²) in [6, 6.07) is -0.531. The normalized spacial score (nSPS) is 25.8. The largest absolute Gasteiger partial charge is 0.350 e. The minimum absolute atomic E-state index is 0.0342. The zero-order valence-corrected chi connectivity index (χ0v) is 14.5. The Bertz CT molecular complexity index is 698. The van der Waals surface area contributed by atoms with Crippen LogP contribution in [0.2, 0.25) is 0 Å². The molecule has 23 heavy (non-hydrogen) atoms. The number of carbonyl (C=O) groups is 1. The fourth-order valence-electron chi connectivity index (χ4n) is 3.57. The van der Waals surface area contributed by atoms with Crippen molar-refractivity contribution in [1.29, 1.82) is 0 Å². The summed E-state index contributed by atoms with van der Waals surface area (Å²) in [5.41, 5.74) is 0.988. The number of aromatic nitrogens is 2. The van der Waals surface area contributed by atoms with E-state index in [0.29, 0.717) is 19.5 Å². The van der Waals surface area contributed by atoms with Crippen LogP contribution in [-0.2, 0) is 27.8 Å². The number of fused-ring (bicyclic) bond motifs is 1. The van der Waals surface area contributed by atoms with Crippen LogP contribution in [0.5, 0.6) is 0 Å². The molecule has 0 aliphatic carbocycles. The Morgan fingerprint density at radius 3 is 2.87 bits per heavy atom. The highest BCUT2D eigenvalue weighted by molar-refractivity contribution is 7.88. The van der Waals surface area contributed by atoms with Gasteiger partial charge < -0.3 is 9.88 Å². The maximum Gasteiger partial charge on any atom is 0.238 e. The van der Waals surface area contributed by atoms with Crippen LogP contribution in [0.25, 0.3) is 0 Å². The Morgan fingerprint density at radius 1 is 1.35 bits per heavy atom. The smallest absolute Gasteiger partial charge is 0.238 e. The van der Waals surface area contributed by atoms with Crippen molar-refractivity contribution >= 4 is 15.9 Å². The first kappa shape index (κ1) is 16.4. The summed E-state index contributed by atoms with van der Waals surface area (Å²) in [6.07, 6.45) is 7.16. The number of rotatable bonds is 3. The zero-order valence-electron chi connectivity index (χ0n) is 13.7. The third-order valence-electron chi connectivity index (χ3n) is 4.64. The maximum atomic E-state index is 12.6. The van der Waals surface area contributed by atoms with E-state index in [4.69, 9.17) is 0 Å². The fraction of sp³-hybridized carbons (Fsp3) is 0.733. The van der Waals surface area contributed by atoms with Crippen molar-refractivity contribution in [2.24, 2.45) is 0 Å². The molecular weight excluding hydrogens is 316 g/mol. The molecule has 0 aromatic carbocycles. The van der Waals surface area contributed by atoms with E-state index in [1.165, 1.54) is 10.6 Å². The first-order valence-electron chi connectivity index (χ1n) is 8.14. The molecule has 0 saturated carbocycles. The van der Waals surface area contributed by atoms with Gasteiger partial charge in [-0.15, -0.1) is 0 Å². The Hall–Kier alpha value is -1.41. The van der Waals surface area contributed by atoms with E-state index in [0.717, 1.165) is 37.2 Å². The van der Waals surface area contributed by atoms with Gasteiger partial charge in [-0.25, -0.2) is 13.4 Å². The second-order valence-electron chi connectivity index (χ2n) is 6.58. The van der Waals surface area contributed by atoms with Gasteiger partial charge in [0.2, 0.25) is 15.9 Å². The number of amides is 1. The van der Waals surface area contributed by atoms with Crippen LogP contribution >= 0.6 is 0 Å². The van der Waals surface area contributed by atoms with Crippen LogP contribution in [0.1, 0.15) is 37.2 Å². The molecule has 2 aliphatic rings. The molecule has 3 rings (SSSR count). The molecule has 1 fully saturated rings. The molecule has 1 amide bonds. The Labute approximate surface area is 137 Å². The summed E-state index contributed by atoms with van der Waals surface area (Å²) in [4.78, 5) is 17.1. The summed E-state index contributed by atoms with van der Waals surface area (Å²) >= 11 is 0. The van der Waals surface area contributed by atoms with Gasteiger partial charge in [0.15, 0.2) is 0 Å². The second kappa shape index (κ2) is 6.24. The highest BCUT2D eigenvalue weighted by Crippen LogP contribution is 2.21. The molecule has 0 spiro atoms. The van der Waals surface area contributed by atoms with E-state index in [2.05, 4.69) is 14.9 Å². The van der Waals surface area contributed by atoms with Crippen molar-refractivity contribution in [3.63, 3.8) is 0 Å². The van der Waals surface area contributed by atoms with Crippen LogP contribution in [0.15, 0.2) is 6.20 Å². The third kappa shape index (κ3) is 3.58. The van der Waals surface area contributed by atoms with Crippen molar-refractivity contribution in [3.05, 3.63) is 17.7 Å². The van der Waals surface area contributed by atoms with Gasteiger partial charge in [0.05, 0.1) is 11.9 Å². The number of nitrogens with zero attached hydrogens (tertiary/aromatic N) is 3. The van der Waals surface area contributed by atoms with E-state index in [-0.39, 0.29) is 11.9 Å². The molecule has 7 nitrogen and oxygen atoms in total. The summed E-state index contributed by atoms with van der Waals surface area (Å²) in [7, 11) is -3.35. The first-order chi connectivity index (χ1) is 10.8. The van der Waals surface area contributed by atoms with Crippen molar-refractivity contribution in [1.82, 2.24) is 19.2 Å². The Morgan fingerprint density at radius 2 is 2.13 bits per heavy atom. The van der Waals surface area contributed by atoms with Crippen LogP contribution < -0.4 is 5.32 Å². The van der Waals surface area contributed by atoms with Crippen LogP contribution in [0, 0.1) is 6.92 Å². The standard InChI is InChI=1S/C15H24N4O3S/c1-11-9-18-10-12(6-7-14(18)16-11)17-15(20)13-5-3-4-8-19(13)23(2,21)22/h9,12-13H,3-8,10H2,1-2H3,(H,17,20)/t12-,13-/m0/s1. The molecule has 0 unspecified atom stereocenters. The molecule has 2 atom stereocenters. The molecule has 3 heterocycles. The van der Waals surface area contributed by atoms with Gasteiger partial charge in [0, 0.05) is 31.7 Å². The minimum Gasteiger partial charge on any atom is -0.350 e. The van der Waals surface area contributed by atoms with E-state index in [9.17, 15) is 13.2 Å². The number of nitrogens with one attached hydrogen (secondary N) is 1. The molecule has 1 aromatic heterocycles. The monoisotopic (exact) mass is 340 g/mol. The molecule has 128 valence electrons. The predicted octanol–water partition coefficient (Wildman–Crippen LogP) is 0.437. The van der Waals surface area contributed by atoms with Crippen molar-refractivity contribution in [2.75, 3.05) is 12.8 Å². The zero-order chi connectivity index (χ0) is 16.6. The minimum atomic E-state index is -3.35. The molecule has 1 saturated heterocycles. The number of piperidine rings is 1. The van der Waals surface area contributed by atoms with Crippen molar-refractivity contribution < 1.29 is 13.2 Å². The molecule has 2 aliphatic heterocycles. The number of aryl methyl sites for hydroxylation is 2. The average Bonchev–Trinajstić information content (AvgIpc) is 2.85. The van der Waals surface area contributed by atoms with Gasteiger partial charge in [-0.3, -0.25) is 4.79 Å². The Kier molecular flexibility index (Phi) is 4.46. The predicted molar refractivity (Wildman–Crippen MR) is 86.4 cm³/mol. The first-order valence-corrected chi connectivity index (χ1v) is 9.99. The molecule has 1 N–H and O–H groups in total. The van der Waals surface area contributed by atoms with Gasteiger partial charge in [-0.05, 0) is 26.2 Å². The second-order valence-corrected chi connectivity index (χ2v) is 8.52. The van der Waals surface area contributed by atoms with Gasteiger partial charge >= 0.3 is 0 Å². The average molecular weight is 340 g/mol. The van der Waals surface area contributed by atoms with Crippen LogP contribution in [0.4, 0.5) is 0 Å². The van der Waals surface area contributed by atoms with Gasteiger partial charge in [-0.2, -0.15) is 4.31 Å². The van der Waals surface area contributed by atoms with Gasteiger partial charge in [0.1, 0.15) is 11.9 Å². The number of carbonyl (C=O) groups excluding carboxylic acids is 1. The fourth-order valence-corrected chi connectivity index (χ4v) is 4.69. The third-order valence-corrected chi connectivity index (χ3v) is 5.93. The summed E-state index contributed by atoms with van der Waals surface area (Å²) in [6.45, 7) is 3.10. The lowest BCUT2D eigenvalue weighted by atomic mass is 10.0. The van der Waals surface area contributed by atoms with E-state index >= 15 is 0 Å². The lowest BCUT2D eigenvalue weighted by molar-refractivity contribution is -0.126. The highest BCUT2D eigenvalue weighted by atomic mass is 32.2. The molecule has 0 radical (unpaired) electrons. The van der Waals surface area contributed by atoms with Crippen LogP contribution in [-0.4, -0.2) is 53.1 Å². The number of sulfonamides is 1. The summed E-state index contributed by atoms with van der Waals surface area (Å²) in [5, 5.41) is 3.05. The topological polar surface area (TPSA) is 84.3 Å². The summed E-state index contributed by atoms with van der Waals surface area (Å²) in [5.74, 6) is 0.892. The van der Waals surface area contributed by atoms with Crippen LogP contribution in [0.3, 0.4) is 0 Å². The quantitative estimate of drug-likeness (QED) is 0.865. The number of hydrogen-bond donors (Lipinski definition) is 1. The van der Waals surface area contributed by atoms with Gasteiger partial charge in [0.25, 0.3) is 0 Å². The lowest BCUT2D eigenvalue weighted by Gasteiger charge is -2.34. The summed E-state index contributed by atoms with van der Waals surface area (Å²) < 4.78 is 27.2. The molecule has 0 bridgehead atoms. The SMILES string of the molecule is Cc1cn2c(n1)CC[C@H](NC(=O)[C@@H]1CCCCN1S(C)(=O)=O)C2. The highest BCUT2D eigenvalue weighted by Gasteiger charge is 2.35. The molecular formula is C15H24N4O3S. The van der Waals surface area contributed by atoms with Crippen molar-refractivity contribution in [3.8, 4) is 0 Å².